The van der Waals surface area contributed by atoms with Gasteiger partial charge in [-0.05, 0) is 70.5 Å². The van der Waals surface area contributed by atoms with Crippen molar-refractivity contribution in [3.05, 3.63) is 12.7 Å². The van der Waals surface area contributed by atoms with Crippen LogP contribution in [0.25, 0.3) is 0 Å². The van der Waals surface area contributed by atoms with E-state index in [1.165, 1.54) is 64.7 Å². The molecule has 2 aliphatic rings. The van der Waals surface area contributed by atoms with E-state index in [0.29, 0.717) is 5.41 Å². The normalized spacial score (nSPS) is 29.7. The lowest BCUT2D eigenvalue weighted by molar-refractivity contribution is 0.0622. The van der Waals surface area contributed by atoms with Gasteiger partial charge in [-0.3, -0.25) is 0 Å². The highest BCUT2D eigenvalue weighted by molar-refractivity contribution is 4.91. The minimum atomic E-state index is 0.519. The monoisotopic (exact) mass is 250 g/mol. The summed E-state index contributed by atoms with van der Waals surface area (Å²) in [6.45, 7) is 9.06. The fourth-order valence-corrected chi connectivity index (χ4v) is 3.65. The molecule has 18 heavy (non-hydrogen) atoms. The Balaban J connectivity index is 1.91. The first-order chi connectivity index (χ1) is 8.63. The van der Waals surface area contributed by atoms with Gasteiger partial charge in [0.25, 0.3) is 0 Å². The van der Waals surface area contributed by atoms with Gasteiger partial charge in [-0.25, -0.2) is 0 Å². The summed E-state index contributed by atoms with van der Waals surface area (Å²) in [4.78, 5) is 5.12. The Kier molecular flexibility index (Phi) is 4.85. The molecule has 0 N–H and O–H groups in total. The third kappa shape index (κ3) is 4.10. The van der Waals surface area contributed by atoms with Crippen molar-refractivity contribution in [1.82, 2.24) is 9.80 Å². The van der Waals surface area contributed by atoms with Crippen LogP contribution in [0.1, 0.15) is 38.5 Å². The number of rotatable bonds is 7. The molecule has 104 valence electrons. The molecule has 1 saturated carbocycles. The lowest BCUT2D eigenvalue weighted by atomic mass is 9.75. The van der Waals surface area contributed by atoms with Gasteiger partial charge in [0.1, 0.15) is 0 Å². The molecule has 0 spiro atoms. The molecule has 1 saturated heterocycles. The van der Waals surface area contributed by atoms with Gasteiger partial charge >= 0.3 is 0 Å². The lowest BCUT2D eigenvalue weighted by Crippen LogP contribution is -2.47. The summed E-state index contributed by atoms with van der Waals surface area (Å²) < 4.78 is 0. The van der Waals surface area contributed by atoms with Crippen LogP contribution in [0, 0.1) is 11.3 Å². The molecule has 2 heteroatoms. The van der Waals surface area contributed by atoms with Crippen molar-refractivity contribution in [2.24, 2.45) is 11.3 Å². The summed E-state index contributed by atoms with van der Waals surface area (Å²) in [5.41, 5.74) is 0.519. The van der Waals surface area contributed by atoms with Crippen molar-refractivity contribution >= 4 is 0 Å². The second-order valence-electron chi connectivity index (χ2n) is 6.81. The Morgan fingerprint density at radius 3 is 2.83 bits per heavy atom. The number of allylic oxidation sites excluding steroid dienone is 1. The maximum absolute atomic E-state index is 3.91. The van der Waals surface area contributed by atoms with Crippen molar-refractivity contribution < 1.29 is 0 Å². The summed E-state index contributed by atoms with van der Waals surface area (Å²) in [7, 11) is 4.60. The van der Waals surface area contributed by atoms with E-state index < -0.39 is 0 Å². The molecule has 2 rings (SSSR count). The summed E-state index contributed by atoms with van der Waals surface area (Å²) in [5.74, 6) is 1.01. The number of piperidine rings is 1. The quantitative estimate of drug-likeness (QED) is 0.641. The highest BCUT2D eigenvalue weighted by atomic mass is 15.1. The molecule has 0 radical (unpaired) electrons. The highest BCUT2D eigenvalue weighted by Gasteiger charge is 2.35. The fraction of sp³-hybridized carbons (Fsp3) is 0.875. The van der Waals surface area contributed by atoms with Crippen LogP contribution in [-0.4, -0.2) is 50.1 Å². The van der Waals surface area contributed by atoms with Crippen LogP contribution in [0.3, 0.4) is 0 Å². The maximum Gasteiger partial charge on any atom is 0.00474 e. The molecule has 0 aromatic rings. The molecule has 1 heterocycles. The number of hydrogen-bond acceptors (Lipinski definition) is 2. The van der Waals surface area contributed by atoms with Gasteiger partial charge in [0.15, 0.2) is 0 Å². The van der Waals surface area contributed by atoms with Gasteiger partial charge in [0, 0.05) is 19.6 Å². The van der Waals surface area contributed by atoms with E-state index in [1.54, 1.807) is 0 Å². The Bertz CT molecular complexity index is 272. The highest BCUT2D eigenvalue weighted by Crippen LogP contribution is 2.36. The summed E-state index contributed by atoms with van der Waals surface area (Å²) >= 11 is 0. The van der Waals surface area contributed by atoms with Crippen LogP contribution < -0.4 is 0 Å². The Hall–Kier alpha value is -0.340. The molecule has 2 fully saturated rings. The zero-order valence-electron chi connectivity index (χ0n) is 12.3. The predicted molar refractivity (Wildman–Crippen MR) is 78.8 cm³/mol. The Morgan fingerprint density at radius 2 is 2.22 bits per heavy atom. The van der Waals surface area contributed by atoms with Crippen molar-refractivity contribution in [3.63, 3.8) is 0 Å². The molecule has 0 amide bonds. The summed E-state index contributed by atoms with van der Waals surface area (Å²) in [5, 5.41) is 0. The third-order valence-electron chi connectivity index (χ3n) is 4.60. The van der Waals surface area contributed by atoms with Gasteiger partial charge < -0.3 is 9.80 Å². The van der Waals surface area contributed by atoms with Gasteiger partial charge in [-0.2, -0.15) is 0 Å². The van der Waals surface area contributed by atoms with E-state index in [4.69, 9.17) is 0 Å². The van der Waals surface area contributed by atoms with Crippen molar-refractivity contribution in [2.75, 3.05) is 40.3 Å². The molecule has 1 atom stereocenters. The van der Waals surface area contributed by atoms with Gasteiger partial charge in [-0.1, -0.05) is 6.08 Å². The second kappa shape index (κ2) is 6.21. The number of nitrogens with zero attached hydrogens (tertiary/aromatic N) is 2. The minimum Gasteiger partial charge on any atom is -0.306 e. The largest absolute Gasteiger partial charge is 0.306 e. The van der Waals surface area contributed by atoms with E-state index in [2.05, 4.69) is 36.6 Å². The average molecular weight is 250 g/mol. The number of hydrogen-bond donors (Lipinski definition) is 0. The van der Waals surface area contributed by atoms with Crippen LogP contribution in [0.15, 0.2) is 12.7 Å². The van der Waals surface area contributed by atoms with E-state index in [-0.39, 0.29) is 0 Å². The molecule has 1 unspecified atom stereocenters. The SMILES string of the molecule is C=CCCC1(CN(C)CC2CC2)CCCN(C)C1. The molecule has 1 aliphatic carbocycles. The van der Waals surface area contributed by atoms with Crippen LogP contribution in [0.4, 0.5) is 0 Å². The topological polar surface area (TPSA) is 6.48 Å². The van der Waals surface area contributed by atoms with Crippen LogP contribution >= 0.6 is 0 Å². The van der Waals surface area contributed by atoms with Gasteiger partial charge in [-0.15, -0.1) is 6.58 Å². The van der Waals surface area contributed by atoms with Crippen LogP contribution in [-0.2, 0) is 0 Å². The second-order valence-corrected chi connectivity index (χ2v) is 6.81. The van der Waals surface area contributed by atoms with E-state index in [0.717, 1.165) is 5.92 Å². The molecule has 0 bridgehead atoms. The van der Waals surface area contributed by atoms with Crippen molar-refractivity contribution in [1.29, 1.82) is 0 Å². The predicted octanol–water partition coefficient (Wildman–Crippen LogP) is 3.01. The van der Waals surface area contributed by atoms with E-state index in [1.807, 2.05) is 0 Å². The van der Waals surface area contributed by atoms with Crippen molar-refractivity contribution in [2.45, 2.75) is 38.5 Å². The van der Waals surface area contributed by atoms with E-state index in [9.17, 15) is 0 Å². The molecular formula is C16H30N2. The van der Waals surface area contributed by atoms with Gasteiger partial charge in [0.2, 0.25) is 0 Å². The summed E-state index contributed by atoms with van der Waals surface area (Å²) in [6, 6.07) is 0. The van der Waals surface area contributed by atoms with Crippen molar-refractivity contribution in [3.8, 4) is 0 Å². The first-order valence-electron chi connectivity index (χ1n) is 7.61. The first kappa shape index (κ1) is 14.1. The standard InChI is InChI=1S/C16H30N2/c1-4-5-9-16(10-6-11-17(2)13-16)14-18(3)12-15-7-8-15/h4,15H,1,5-14H2,2-3H3. The number of likely N-dealkylation sites (tertiary alicyclic amines) is 1. The average Bonchev–Trinajstić information content (AvgIpc) is 3.10. The Labute approximate surface area is 113 Å². The first-order valence-corrected chi connectivity index (χ1v) is 7.61. The molecule has 2 nitrogen and oxygen atoms in total. The Morgan fingerprint density at radius 1 is 1.44 bits per heavy atom. The zero-order valence-corrected chi connectivity index (χ0v) is 12.3. The molecule has 0 aromatic heterocycles. The maximum atomic E-state index is 3.91. The molecular weight excluding hydrogens is 220 g/mol. The van der Waals surface area contributed by atoms with E-state index >= 15 is 0 Å². The van der Waals surface area contributed by atoms with Crippen LogP contribution in [0.2, 0.25) is 0 Å². The van der Waals surface area contributed by atoms with Crippen LogP contribution in [0.5, 0.6) is 0 Å². The fourth-order valence-electron chi connectivity index (χ4n) is 3.65. The molecule has 1 aliphatic heterocycles. The minimum absolute atomic E-state index is 0.519. The zero-order chi connectivity index (χ0) is 13.0. The molecule has 0 aromatic carbocycles. The summed E-state index contributed by atoms with van der Waals surface area (Å²) in [6.07, 6.45) is 10.3. The van der Waals surface area contributed by atoms with Gasteiger partial charge in [0.05, 0.1) is 0 Å². The smallest absolute Gasteiger partial charge is 0.00474 e. The lowest BCUT2D eigenvalue weighted by Gasteiger charge is -2.44. The third-order valence-corrected chi connectivity index (χ3v) is 4.60.